The standard InChI is InChI=1S/C18H21NO5S/c1-4-12(3)24-14-9-7-6-8-13(14)10-15-17(21)19(18(22)25-15)11-16(20)23-5-2/h6-10,12H,4-5,11H2,1-3H3/b15-10+/t12-/m1/s1. The molecule has 1 aliphatic rings. The van der Waals surface area contributed by atoms with E-state index in [2.05, 4.69) is 0 Å². The van der Waals surface area contributed by atoms with E-state index in [0.717, 1.165) is 23.1 Å². The fraction of sp³-hybridized carbons (Fsp3) is 0.389. The Bertz CT molecular complexity index is 700. The van der Waals surface area contributed by atoms with Crippen LogP contribution in [0.25, 0.3) is 6.08 Å². The topological polar surface area (TPSA) is 72.9 Å². The van der Waals surface area contributed by atoms with Crippen molar-refractivity contribution in [2.45, 2.75) is 33.3 Å². The Balaban J connectivity index is 2.21. The summed E-state index contributed by atoms with van der Waals surface area (Å²) in [6.45, 7) is 5.48. The van der Waals surface area contributed by atoms with Crippen LogP contribution in [0.15, 0.2) is 29.2 Å². The van der Waals surface area contributed by atoms with Gasteiger partial charge in [0.15, 0.2) is 0 Å². The number of carbonyl (C=O) groups is 3. The van der Waals surface area contributed by atoms with Crippen molar-refractivity contribution in [3.63, 3.8) is 0 Å². The molecule has 25 heavy (non-hydrogen) atoms. The molecule has 2 rings (SSSR count). The first-order valence-electron chi connectivity index (χ1n) is 8.12. The molecule has 0 aromatic heterocycles. The first-order chi connectivity index (χ1) is 12.0. The van der Waals surface area contributed by atoms with Crippen LogP contribution < -0.4 is 4.74 Å². The molecule has 0 unspecified atom stereocenters. The van der Waals surface area contributed by atoms with Crippen LogP contribution in [0.5, 0.6) is 5.75 Å². The summed E-state index contributed by atoms with van der Waals surface area (Å²) < 4.78 is 10.6. The number of para-hydroxylation sites is 1. The van der Waals surface area contributed by atoms with E-state index in [1.165, 1.54) is 0 Å². The highest BCUT2D eigenvalue weighted by Gasteiger charge is 2.36. The minimum atomic E-state index is -0.605. The SMILES string of the molecule is CCOC(=O)CN1C(=O)S/C(=C/c2ccccc2O[C@H](C)CC)C1=O. The average molecular weight is 363 g/mol. The number of nitrogens with zero attached hydrogens (tertiary/aromatic N) is 1. The molecule has 0 bridgehead atoms. The van der Waals surface area contributed by atoms with E-state index in [1.54, 1.807) is 13.0 Å². The van der Waals surface area contributed by atoms with Gasteiger partial charge < -0.3 is 9.47 Å². The van der Waals surface area contributed by atoms with Gasteiger partial charge in [-0.1, -0.05) is 25.1 Å². The summed E-state index contributed by atoms with van der Waals surface area (Å²) in [5.74, 6) is -0.456. The maximum absolute atomic E-state index is 12.4. The van der Waals surface area contributed by atoms with Crippen molar-refractivity contribution in [2.24, 2.45) is 0 Å². The second-order valence-electron chi connectivity index (χ2n) is 5.45. The second kappa shape index (κ2) is 8.71. The number of thioether (sulfide) groups is 1. The van der Waals surface area contributed by atoms with Crippen LogP contribution in [0.3, 0.4) is 0 Å². The number of hydrogen-bond acceptors (Lipinski definition) is 6. The molecule has 1 atom stereocenters. The minimum absolute atomic E-state index is 0.0356. The van der Waals surface area contributed by atoms with Gasteiger partial charge >= 0.3 is 5.97 Å². The van der Waals surface area contributed by atoms with E-state index in [-0.39, 0.29) is 24.2 Å². The quantitative estimate of drug-likeness (QED) is 0.546. The van der Waals surface area contributed by atoms with E-state index in [4.69, 9.17) is 9.47 Å². The van der Waals surface area contributed by atoms with Gasteiger partial charge in [0.1, 0.15) is 12.3 Å². The zero-order valence-electron chi connectivity index (χ0n) is 14.5. The molecule has 1 heterocycles. The number of esters is 1. The average Bonchev–Trinajstić information content (AvgIpc) is 2.84. The highest BCUT2D eigenvalue weighted by molar-refractivity contribution is 8.18. The number of rotatable bonds is 7. The Hall–Kier alpha value is -2.28. The summed E-state index contributed by atoms with van der Waals surface area (Å²) >= 11 is 0.805. The molecular weight excluding hydrogens is 342 g/mol. The summed E-state index contributed by atoms with van der Waals surface area (Å²) in [7, 11) is 0. The maximum Gasteiger partial charge on any atom is 0.326 e. The lowest BCUT2D eigenvalue weighted by Crippen LogP contribution is -2.34. The van der Waals surface area contributed by atoms with Gasteiger partial charge in [-0.05, 0) is 44.2 Å². The molecule has 0 N–H and O–H groups in total. The van der Waals surface area contributed by atoms with Crippen LogP contribution in [-0.4, -0.2) is 41.3 Å². The molecule has 1 aliphatic heterocycles. The van der Waals surface area contributed by atoms with Gasteiger partial charge in [-0.2, -0.15) is 0 Å². The van der Waals surface area contributed by atoms with Crippen molar-refractivity contribution in [3.05, 3.63) is 34.7 Å². The molecule has 1 aromatic carbocycles. The predicted octanol–water partition coefficient (Wildman–Crippen LogP) is 3.46. The molecule has 0 saturated carbocycles. The number of hydrogen-bond donors (Lipinski definition) is 0. The third-order valence-corrected chi connectivity index (χ3v) is 4.48. The van der Waals surface area contributed by atoms with E-state index in [0.29, 0.717) is 11.3 Å². The van der Waals surface area contributed by atoms with Gasteiger partial charge in [-0.25, -0.2) is 0 Å². The Morgan fingerprint density at radius 3 is 2.68 bits per heavy atom. The van der Waals surface area contributed by atoms with Crippen molar-refractivity contribution in [1.82, 2.24) is 4.90 Å². The summed E-state index contributed by atoms with van der Waals surface area (Å²) in [6, 6.07) is 7.32. The largest absolute Gasteiger partial charge is 0.490 e. The van der Waals surface area contributed by atoms with Crippen molar-refractivity contribution < 1.29 is 23.9 Å². The zero-order valence-corrected chi connectivity index (χ0v) is 15.3. The van der Waals surface area contributed by atoms with Crippen molar-refractivity contribution in [3.8, 4) is 5.75 Å². The maximum atomic E-state index is 12.4. The van der Waals surface area contributed by atoms with Crippen LogP contribution in [0.4, 0.5) is 4.79 Å². The Kier molecular flexibility index (Phi) is 6.64. The predicted molar refractivity (Wildman–Crippen MR) is 96.1 cm³/mol. The minimum Gasteiger partial charge on any atom is -0.490 e. The smallest absolute Gasteiger partial charge is 0.326 e. The second-order valence-corrected chi connectivity index (χ2v) is 6.44. The Morgan fingerprint density at radius 2 is 2.00 bits per heavy atom. The fourth-order valence-electron chi connectivity index (χ4n) is 2.12. The van der Waals surface area contributed by atoms with Gasteiger partial charge in [0, 0.05) is 5.56 Å². The van der Waals surface area contributed by atoms with E-state index in [1.807, 2.05) is 38.1 Å². The third-order valence-electron chi connectivity index (χ3n) is 3.57. The van der Waals surface area contributed by atoms with Crippen LogP contribution in [0.2, 0.25) is 0 Å². The van der Waals surface area contributed by atoms with E-state index in [9.17, 15) is 14.4 Å². The fourth-order valence-corrected chi connectivity index (χ4v) is 2.95. The van der Waals surface area contributed by atoms with E-state index >= 15 is 0 Å². The lowest BCUT2D eigenvalue weighted by atomic mass is 10.1. The Morgan fingerprint density at radius 1 is 1.28 bits per heavy atom. The lowest BCUT2D eigenvalue weighted by Gasteiger charge is -2.14. The molecule has 1 aromatic rings. The summed E-state index contributed by atoms with van der Waals surface area (Å²) in [5.41, 5.74) is 0.712. The van der Waals surface area contributed by atoms with Crippen molar-refractivity contribution in [1.29, 1.82) is 0 Å². The van der Waals surface area contributed by atoms with E-state index < -0.39 is 17.1 Å². The van der Waals surface area contributed by atoms with Crippen LogP contribution >= 0.6 is 11.8 Å². The first-order valence-corrected chi connectivity index (χ1v) is 8.94. The van der Waals surface area contributed by atoms with Crippen LogP contribution in [-0.2, 0) is 14.3 Å². The monoisotopic (exact) mass is 363 g/mol. The first kappa shape index (κ1) is 19.1. The van der Waals surface area contributed by atoms with Crippen molar-refractivity contribution >= 4 is 35.0 Å². The summed E-state index contributed by atoms with van der Waals surface area (Å²) in [6.07, 6.45) is 2.51. The molecule has 0 aliphatic carbocycles. The van der Waals surface area contributed by atoms with Crippen LogP contribution in [0, 0.1) is 0 Å². The van der Waals surface area contributed by atoms with Gasteiger partial charge in [0.25, 0.3) is 11.1 Å². The highest BCUT2D eigenvalue weighted by atomic mass is 32.2. The molecular formula is C18H21NO5S. The molecule has 1 fully saturated rings. The number of imide groups is 1. The van der Waals surface area contributed by atoms with Gasteiger partial charge in [0.2, 0.25) is 0 Å². The molecule has 6 nitrogen and oxygen atoms in total. The molecule has 0 spiro atoms. The molecule has 2 amide bonds. The zero-order chi connectivity index (χ0) is 18.4. The molecule has 134 valence electrons. The van der Waals surface area contributed by atoms with Gasteiger partial charge in [0.05, 0.1) is 17.6 Å². The molecule has 7 heteroatoms. The number of amides is 2. The number of ether oxygens (including phenoxy) is 2. The van der Waals surface area contributed by atoms with Gasteiger partial charge in [-0.15, -0.1) is 0 Å². The summed E-state index contributed by atoms with van der Waals surface area (Å²) in [5, 5.41) is -0.482. The van der Waals surface area contributed by atoms with Gasteiger partial charge in [-0.3, -0.25) is 19.3 Å². The Labute approximate surface area is 151 Å². The normalized spacial score (nSPS) is 17.1. The number of carbonyl (C=O) groups excluding carboxylic acids is 3. The molecule has 0 radical (unpaired) electrons. The molecule has 1 saturated heterocycles. The third kappa shape index (κ3) is 4.85. The lowest BCUT2D eigenvalue weighted by molar-refractivity contribution is -0.145. The van der Waals surface area contributed by atoms with Crippen LogP contribution in [0.1, 0.15) is 32.8 Å². The summed E-state index contributed by atoms with van der Waals surface area (Å²) in [4.78, 5) is 37.1. The number of benzene rings is 1. The van der Waals surface area contributed by atoms with Crippen molar-refractivity contribution in [2.75, 3.05) is 13.2 Å². The highest BCUT2D eigenvalue weighted by Crippen LogP contribution is 2.34.